The highest BCUT2D eigenvalue weighted by Crippen LogP contribution is 2.30. The summed E-state index contributed by atoms with van der Waals surface area (Å²) >= 11 is 6.04. The summed E-state index contributed by atoms with van der Waals surface area (Å²) in [7, 11) is 1.61. The number of carbonyl (C=O) groups is 1. The van der Waals surface area contributed by atoms with Crippen LogP contribution < -0.4 is 5.32 Å². The van der Waals surface area contributed by atoms with Crippen molar-refractivity contribution in [3.63, 3.8) is 0 Å². The van der Waals surface area contributed by atoms with Crippen molar-refractivity contribution < 1.29 is 9.53 Å². The number of carbonyl (C=O) groups excluding carboxylic acids is 1. The number of rotatable bonds is 5. The molecule has 4 aromatic rings. The van der Waals surface area contributed by atoms with E-state index in [1.54, 1.807) is 18.5 Å². The number of aromatic nitrogens is 4. The Hall–Kier alpha value is -3.29. The summed E-state index contributed by atoms with van der Waals surface area (Å²) in [5.74, 6) is -0.341. The second-order valence-electron chi connectivity index (χ2n) is 7.38. The van der Waals surface area contributed by atoms with Gasteiger partial charge in [0.25, 0.3) is 5.91 Å². The number of anilines is 1. The molecule has 0 radical (unpaired) electrons. The lowest BCUT2D eigenvalue weighted by Gasteiger charge is -2.09. The van der Waals surface area contributed by atoms with Crippen LogP contribution in [0.3, 0.4) is 0 Å². The molecule has 2 heterocycles. The molecular weight excluding hydrogens is 414 g/mol. The molecule has 0 saturated heterocycles. The van der Waals surface area contributed by atoms with Gasteiger partial charge in [-0.25, -0.2) is 4.52 Å². The third kappa shape index (κ3) is 4.02. The molecule has 0 atom stereocenters. The standard InChI is InChI=1S/C23H22ClN5O2/c1-13-5-10-18(11-14(13)2)25-23(30)21-15(3)29-22(27-26-21)20(19(28-29)12-31-4)16-6-8-17(24)9-7-16/h5-11H,12H2,1-4H3,(H,25,30). The molecule has 1 N–H and O–H groups in total. The maximum Gasteiger partial charge on any atom is 0.278 e. The Kier molecular flexibility index (Phi) is 5.71. The van der Waals surface area contributed by atoms with Crippen LogP contribution in [0.2, 0.25) is 5.02 Å². The summed E-state index contributed by atoms with van der Waals surface area (Å²) in [4.78, 5) is 12.9. The molecule has 158 valence electrons. The van der Waals surface area contributed by atoms with Crippen LogP contribution in [-0.2, 0) is 11.3 Å². The highest BCUT2D eigenvalue weighted by atomic mass is 35.5. The van der Waals surface area contributed by atoms with Crippen LogP contribution >= 0.6 is 11.6 Å². The number of methoxy groups -OCH3 is 1. The number of amides is 1. The number of benzene rings is 2. The van der Waals surface area contributed by atoms with E-state index in [1.165, 1.54) is 0 Å². The molecule has 2 aromatic heterocycles. The molecule has 0 unspecified atom stereocenters. The number of nitrogens with one attached hydrogen (secondary N) is 1. The van der Waals surface area contributed by atoms with Gasteiger partial charge in [-0.2, -0.15) is 5.10 Å². The highest BCUT2D eigenvalue weighted by Gasteiger charge is 2.22. The van der Waals surface area contributed by atoms with E-state index in [0.29, 0.717) is 34.4 Å². The van der Waals surface area contributed by atoms with E-state index >= 15 is 0 Å². The number of halogens is 1. The van der Waals surface area contributed by atoms with Gasteiger partial charge in [0.1, 0.15) is 0 Å². The number of hydrogen-bond donors (Lipinski definition) is 1. The molecule has 0 bridgehead atoms. The second-order valence-corrected chi connectivity index (χ2v) is 7.82. The number of aryl methyl sites for hydroxylation is 3. The Balaban J connectivity index is 1.77. The van der Waals surface area contributed by atoms with Gasteiger partial charge in [-0.05, 0) is 61.7 Å². The van der Waals surface area contributed by atoms with Crippen LogP contribution in [0, 0.1) is 20.8 Å². The molecule has 7 nitrogen and oxygen atoms in total. The maximum atomic E-state index is 12.9. The van der Waals surface area contributed by atoms with Crippen molar-refractivity contribution >= 4 is 28.8 Å². The Labute approximate surface area is 185 Å². The zero-order valence-electron chi connectivity index (χ0n) is 17.7. The van der Waals surface area contributed by atoms with Gasteiger partial charge in [-0.1, -0.05) is 29.8 Å². The topological polar surface area (TPSA) is 81.4 Å². The SMILES string of the molecule is COCc1nn2c(C)c(C(=O)Nc3ccc(C)c(C)c3)nnc2c1-c1ccc(Cl)cc1. The van der Waals surface area contributed by atoms with Crippen molar-refractivity contribution in [2.24, 2.45) is 0 Å². The molecule has 31 heavy (non-hydrogen) atoms. The number of hydrogen-bond acceptors (Lipinski definition) is 5. The van der Waals surface area contributed by atoms with E-state index in [-0.39, 0.29) is 11.6 Å². The normalized spacial score (nSPS) is 11.1. The van der Waals surface area contributed by atoms with Gasteiger partial charge in [0.2, 0.25) is 0 Å². The molecule has 8 heteroatoms. The van der Waals surface area contributed by atoms with Crippen molar-refractivity contribution in [1.82, 2.24) is 19.8 Å². The third-order valence-corrected chi connectivity index (χ3v) is 5.48. The van der Waals surface area contributed by atoms with Crippen LogP contribution in [0.1, 0.15) is 33.0 Å². The third-order valence-electron chi connectivity index (χ3n) is 5.23. The lowest BCUT2D eigenvalue weighted by atomic mass is 10.1. The molecule has 0 aliphatic carbocycles. The van der Waals surface area contributed by atoms with E-state index in [4.69, 9.17) is 16.3 Å². The molecule has 0 aliphatic heterocycles. The first-order valence-electron chi connectivity index (χ1n) is 9.77. The van der Waals surface area contributed by atoms with E-state index in [0.717, 1.165) is 22.3 Å². The Morgan fingerprint density at radius 3 is 2.48 bits per heavy atom. The van der Waals surface area contributed by atoms with Crippen LogP contribution in [0.5, 0.6) is 0 Å². The summed E-state index contributed by atoms with van der Waals surface area (Å²) in [5, 5.41) is 16.8. The summed E-state index contributed by atoms with van der Waals surface area (Å²) in [6.45, 7) is 6.12. The monoisotopic (exact) mass is 435 g/mol. The molecule has 0 fully saturated rings. The molecule has 1 amide bonds. The Morgan fingerprint density at radius 2 is 1.81 bits per heavy atom. The van der Waals surface area contributed by atoms with Crippen molar-refractivity contribution in [2.75, 3.05) is 12.4 Å². The molecule has 0 spiro atoms. The zero-order valence-corrected chi connectivity index (χ0v) is 18.5. The molecule has 0 saturated carbocycles. The van der Waals surface area contributed by atoms with E-state index in [2.05, 4.69) is 20.6 Å². The van der Waals surface area contributed by atoms with Crippen molar-refractivity contribution in [1.29, 1.82) is 0 Å². The largest absolute Gasteiger partial charge is 0.378 e. The molecule has 4 rings (SSSR count). The number of nitrogens with zero attached hydrogens (tertiary/aromatic N) is 4. The average molecular weight is 436 g/mol. The first kappa shape index (κ1) is 21.0. The zero-order chi connectivity index (χ0) is 22.1. The minimum atomic E-state index is -0.341. The van der Waals surface area contributed by atoms with Crippen LogP contribution in [0.25, 0.3) is 16.8 Å². The first-order valence-corrected chi connectivity index (χ1v) is 10.1. The summed E-state index contributed by atoms with van der Waals surface area (Å²) < 4.78 is 6.97. The van der Waals surface area contributed by atoms with Gasteiger partial charge in [-0.15, -0.1) is 10.2 Å². The minimum absolute atomic E-state index is 0.208. The molecule has 0 aliphatic rings. The Bertz CT molecular complexity index is 1280. The maximum absolute atomic E-state index is 12.9. The van der Waals surface area contributed by atoms with Crippen LogP contribution in [0.15, 0.2) is 42.5 Å². The fourth-order valence-electron chi connectivity index (χ4n) is 3.42. The first-order chi connectivity index (χ1) is 14.9. The molecular formula is C23H22ClN5O2. The van der Waals surface area contributed by atoms with Crippen LogP contribution in [-0.4, -0.2) is 32.8 Å². The summed E-state index contributed by atoms with van der Waals surface area (Å²) in [6.07, 6.45) is 0. The second kappa shape index (κ2) is 8.45. The fraction of sp³-hybridized carbons (Fsp3) is 0.217. The van der Waals surface area contributed by atoms with Gasteiger partial charge in [0.15, 0.2) is 11.3 Å². The highest BCUT2D eigenvalue weighted by molar-refractivity contribution is 6.30. The van der Waals surface area contributed by atoms with E-state index < -0.39 is 0 Å². The van der Waals surface area contributed by atoms with Gasteiger partial charge in [-0.3, -0.25) is 4.79 Å². The lowest BCUT2D eigenvalue weighted by Crippen LogP contribution is -2.18. The van der Waals surface area contributed by atoms with Crippen molar-refractivity contribution in [2.45, 2.75) is 27.4 Å². The van der Waals surface area contributed by atoms with Gasteiger partial charge in [0.05, 0.1) is 23.6 Å². The number of ether oxygens (including phenoxy) is 1. The van der Waals surface area contributed by atoms with Gasteiger partial charge < -0.3 is 10.1 Å². The van der Waals surface area contributed by atoms with Gasteiger partial charge in [0, 0.05) is 17.8 Å². The minimum Gasteiger partial charge on any atom is -0.378 e. The smallest absolute Gasteiger partial charge is 0.278 e. The summed E-state index contributed by atoms with van der Waals surface area (Å²) in [6, 6.07) is 13.2. The lowest BCUT2D eigenvalue weighted by molar-refractivity contribution is 0.102. The predicted molar refractivity (Wildman–Crippen MR) is 121 cm³/mol. The predicted octanol–water partition coefficient (Wildman–Crippen LogP) is 4.77. The van der Waals surface area contributed by atoms with Gasteiger partial charge >= 0.3 is 0 Å². The van der Waals surface area contributed by atoms with E-state index in [1.807, 2.05) is 56.3 Å². The van der Waals surface area contributed by atoms with E-state index in [9.17, 15) is 4.79 Å². The van der Waals surface area contributed by atoms with Crippen LogP contribution in [0.4, 0.5) is 5.69 Å². The van der Waals surface area contributed by atoms with Crippen molar-refractivity contribution in [3.05, 3.63) is 75.7 Å². The fourth-order valence-corrected chi connectivity index (χ4v) is 3.54. The summed E-state index contributed by atoms with van der Waals surface area (Å²) in [5.41, 5.74) is 6.71. The quantitative estimate of drug-likeness (QED) is 0.488. The average Bonchev–Trinajstić information content (AvgIpc) is 3.11. The Morgan fingerprint density at radius 1 is 1.06 bits per heavy atom. The van der Waals surface area contributed by atoms with Crippen molar-refractivity contribution in [3.8, 4) is 11.1 Å². The number of fused-ring (bicyclic) bond motifs is 1. The molecule has 2 aromatic carbocycles.